The minimum atomic E-state index is -0.325. The molecule has 1 amide bonds. The van der Waals surface area contributed by atoms with E-state index in [-0.39, 0.29) is 23.8 Å². The monoisotopic (exact) mass is 452 g/mol. The molecule has 0 atom stereocenters. The summed E-state index contributed by atoms with van der Waals surface area (Å²) in [5.41, 5.74) is 1.71. The van der Waals surface area contributed by atoms with Gasteiger partial charge in [-0.05, 0) is 6.07 Å². The number of likely N-dealkylation sites (tertiary alicyclic amines) is 1. The first-order valence-electron chi connectivity index (χ1n) is 10.8. The van der Waals surface area contributed by atoms with Gasteiger partial charge in [-0.2, -0.15) is 0 Å². The van der Waals surface area contributed by atoms with Crippen LogP contribution in [0, 0.1) is 0 Å². The molecule has 1 aromatic carbocycles. The number of hydrogen-bond donors (Lipinski definition) is 0. The van der Waals surface area contributed by atoms with E-state index in [1.165, 1.54) is 0 Å². The second-order valence-electron chi connectivity index (χ2n) is 7.79. The number of ether oxygens (including phenoxy) is 3. The fourth-order valence-electron chi connectivity index (χ4n) is 3.72. The molecule has 3 heterocycles. The van der Waals surface area contributed by atoms with Gasteiger partial charge in [-0.15, -0.1) is 10.2 Å². The van der Waals surface area contributed by atoms with Crippen molar-refractivity contribution in [2.24, 2.45) is 0 Å². The van der Waals surface area contributed by atoms with Crippen LogP contribution in [-0.4, -0.2) is 78.5 Å². The number of morpholine rings is 1. The molecule has 0 aliphatic carbocycles. The van der Waals surface area contributed by atoms with Gasteiger partial charge < -0.3 is 23.5 Å². The van der Waals surface area contributed by atoms with E-state index in [4.69, 9.17) is 18.6 Å². The Kier molecular flexibility index (Phi) is 7.21. The lowest BCUT2D eigenvalue weighted by molar-refractivity contribution is 0.0148. The zero-order valence-electron chi connectivity index (χ0n) is 18.7. The Morgan fingerprint density at radius 3 is 2.67 bits per heavy atom. The molecule has 1 aromatic heterocycles. The van der Waals surface area contributed by atoms with Crippen LogP contribution in [0.1, 0.15) is 22.1 Å². The Morgan fingerprint density at radius 2 is 1.97 bits per heavy atom. The van der Waals surface area contributed by atoms with Gasteiger partial charge in [0.2, 0.25) is 5.89 Å². The van der Waals surface area contributed by atoms with Crippen molar-refractivity contribution in [3.63, 3.8) is 0 Å². The molecule has 174 valence electrons. The lowest BCUT2D eigenvalue weighted by atomic mass is 10.1. The van der Waals surface area contributed by atoms with Crippen LogP contribution < -0.4 is 9.47 Å². The Labute approximate surface area is 192 Å². The largest absolute Gasteiger partial charge is 0.496 e. The normalized spacial score (nSPS) is 17.4. The second-order valence-corrected chi connectivity index (χ2v) is 7.79. The molecule has 0 unspecified atom stereocenters. The molecule has 9 nitrogen and oxygen atoms in total. The lowest BCUT2D eigenvalue weighted by Gasteiger charge is -2.38. The highest BCUT2D eigenvalue weighted by molar-refractivity contribution is 5.90. The number of carbonyl (C=O) groups is 1. The fourth-order valence-corrected chi connectivity index (χ4v) is 3.72. The van der Waals surface area contributed by atoms with Crippen LogP contribution in [0.15, 0.2) is 54.0 Å². The first-order valence-corrected chi connectivity index (χ1v) is 10.8. The highest BCUT2D eigenvalue weighted by atomic mass is 16.5. The van der Waals surface area contributed by atoms with Gasteiger partial charge in [0.1, 0.15) is 17.6 Å². The average molecular weight is 453 g/mol. The molecule has 2 saturated heterocycles. The van der Waals surface area contributed by atoms with Crippen molar-refractivity contribution in [1.29, 1.82) is 0 Å². The average Bonchev–Trinajstić information content (AvgIpc) is 3.30. The van der Waals surface area contributed by atoms with E-state index < -0.39 is 0 Å². The van der Waals surface area contributed by atoms with Crippen molar-refractivity contribution in [3.8, 4) is 11.5 Å². The molecular weight excluding hydrogens is 424 g/mol. The summed E-state index contributed by atoms with van der Waals surface area (Å²) >= 11 is 0. The number of benzene rings is 1. The van der Waals surface area contributed by atoms with Crippen molar-refractivity contribution in [3.05, 3.63) is 66.9 Å². The van der Waals surface area contributed by atoms with Crippen molar-refractivity contribution < 1.29 is 23.4 Å². The van der Waals surface area contributed by atoms with Crippen LogP contribution in [0.25, 0.3) is 5.57 Å². The smallest absolute Gasteiger partial charge is 0.311 e. The number of carbonyl (C=O) groups excluding carboxylic acids is 1. The number of rotatable bonds is 9. The number of methoxy groups -OCH3 is 1. The van der Waals surface area contributed by atoms with Gasteiger partial charge in [0, 0.05) is 36.8 Å². The number of hydrogen-bond acceptors (Lipinski definition) is 8. The first-order chi connectivity index (χ1) is 16.1. The molecule has 4 rings (SSSR count). The summed E-state index contributed by atoms with van der Waals surface area (Å²) in [7, 11) is 1.66. The minimum absolute atomic E-state index is 0.0607. The maximum Gasteiger partial charge on any atom is 0.311 e. The van der Waals surface area contributed by atoms with Gasteiger partial charge >= 0.3 is 11.8 Å². The predicted octanol–water partition coefficient (Wildman–Crippen LogP) is 2.57. The Morgan fingerprint density at radius 1 is 1.21 bits per heavy atom. The van der Waals surface area contributed by atoms with Crippen molar-refractivity contribution >= 4 is 11.5 Å². The standard InChI is InChI=1S/C24H28N4O5/c1-4-6-17(5-2)22-25-26-23(33-22)24(29)28-15-20(16-28)32-19-8-7-18(21(13-19)30-3)14-27-9-11-31-12-10-27/h4-8,13,20H,1-2,9-12,14-16H2,3H3/b17-6+. The van der Waals surface area contributed by atoms with Crippen LogP contribution in [0.5, 0.6) is 11.5 Å². The summed E-state index contributed by atoms with van der Waals surface area (Å²) in [6.45, 7) is 12.3. The quantitative estimate of drug-likeness (QED) is 0.537. The maximum absolute atomic E-state index is 12.6. The number of amides is 1. The van der Waals surface area contributed by atoms with Crippen molar-refractivity contribution in [2.45, 2.75) is 12.6 Å². The van der Waals surface area contributed by atoms with Crippen molar-refractivity contribution in [1.82, 2.24) is 20.0 Å². The summed E-state index contributed by atoms with van der Waals surface area (Å²) < 4.78 is 22.5. The first kappa shape index (κ1) is 22.8. The zero-order chi connectivity index (χ0) is 23.2. The van der Waals surface area contributed by atoms with Crippen LogP contribution in [0.4, 0.5) is 0 Å². The molecule has 0 N–H and O–H groups in total. The summed E-state index contributed by atoms with van der Waals surface area (Å²) in [6, 6.07) is 5.86. The van der Waals surface area contributed by atoms with Gasteiger partial charge in [0.15, 0.2) is 0 Å². The molecule has 2 fully saturated rings. The Balaban J connectivity index is 1.32. The van der Waals surface area contributed by atoms with E-state index in [2.05, 4.69) is 28.3 Å². The Bertz CT molecular complexity index is 1040. The fraction of sp³-hybridized carbons (Fsp3) is 0.375. The van der Waals surface area contributed by atoms with E-state index in [0.29, 0.717) is 24.4 Å². The van der Waals surface area contributed by atoms with E-state index in [9.17, 15) is 4.79 Å². The summed E-state index contributed by atoms with van der Waals surface area (Å²) in [5.74, 6) is 1.34. The third-order valence-corrected chi connectivity index (χ3v) is 5.57. The molecule has 9 heteroatoms. The molecular formula is C24H28N4O5. The lowest BCUT2D eigenvalue weighted by Crippen LogP contribution is -2.56. The second kappa shape index (κ2) is 10.5. The van der Waals surface area contributed by atoms with Gasteiger partial charge in [0.05, 0.1) is 33.4 Å². The topological polar surface area (TPSA) is 90.2 Å². The van der Waals surface area contributed by atoms with Gasteiger partial charge in [0.25, 0.3) is 0 Å². The molecule has 2 aliphatic rings. The molecule has 0 spiro atoms. The molecule has 0 radical (unpaired) electrons. The SMILES string of the molecule is C=C/C=C(\C=C)c1nnc(C(=O)N2CC(Oc3ccc(CN4CCOCC4)c(OC)c3)C2)o1. The van der Waals surface area contributed by atoms with E-state index in [1.54, 1.807) is 30.2 Å². The highest BCUT2D eigenvalue weighted by Crippen LogP contribution is 2.28. The van der Waals surface area contributed by atoms with Gasteiger partial charge in [-0.25, -0.2) is 0 Å². The van der Waals surface area contributed by atoms with E-state index >= 15 is 0 Å². The maximum atomic E-state index is 12.6. The van der Waals surface area contributed by atoms with Gasteiger partial charge in [-0.1, -0.05) is 37.5 Å². The molecule has 33 heavy (non-hydrogen) atoms. The van der Waals surface area contributed by atoms with Crippen molar-refractivity contribution in [2.75, 3.05) is 46.5 Å². The molecule has 0 saturated carbocycles. The predicted molar refractivity (Wildman–Crippen MR) is 122 cm³/mol. The number of nitrogens with zero attached hydrogens (tertiary/aromatic N) is 4. The summed E-state index contributed by atoms with van der Waals surface area (Å²) in [5, 5.41) is 7.78. The number of allylic oxidation sites excluding steroid dienone is 4. The van der Waals surface area contributed by atoms with Crippen LogP contribution in [-0.2, 0) is 11.3 Å². The highest BCUT2D eigenvalue weighted by Gasteiger charge is 2.35. The zero-order valence-corrected chi connectivity index (χ0v) is 18.7. The summed E-state index contributed by atoms with van der Waals surface area (Å²) in [4.78, 5) is 16.6. The molecule has 0 bridgehead atoms. The third-order valence-electron chi connectivity index (χ3n) is 5.57. The van der Waals surface area contributed by atoms with Crippen LogP contribution in [0.3, 0.4) is 0 Å². The van der Waals surface area contributed by atoms with Gasteiger partial charge in [-0.3, -0.25) is 9.69 Å². The molecule has 2 aromatic rings. The van der Waals surface area contributed by atoms with E-state index in [0.717, 1.165) is 44.2 Å². The van der Waals surface area contributed by atoms with E-state index in [1.807, 2.05) is 18.2 Å². The summed E-state index contributed by atoms with van der Waals surface area (Å²) in [6.07, 6.45) is 4.72. The number of aromatic nitrogens is 2. The minimum Gasteiger partial charge on any atom is -0.496 e. The third kappa shape index (κ3) is 5.32. The van der Waals surface area contributed by atoms with Crippen LogP contribution in [0.2, 0.25) is 0 Å². The molecule has 2 aliphatic heterocycles. The Hall–Kier alpha value is -3.43. The van der Waals surface area contributed by atoms with Crippen LogP contribution >= 0.6 is 0 Å².